The first-order chi connectivity index (χ1) is 13.5. The number of benzene rings is 2. The summed E-state index contributed by atoms with van der Waals surface area (Å²) in [4.78, 5) is 26.6. The van der Waals surface area contributed by atoms with Crippen LogP contribution < -0.4 is 14.8 Å². The molecule has 0 saturated heterocycles. The SMILES string of the molecule is CC[C@@H](C(=O)NC)N(Cc1ccc(F)cc1)C(=O)COc1ccccc1OC. The summed E-state index contributed by atoms with van der Waals surface area (Å²) >= 11 is 0. The van der Waals surface area contributed by atoms with Crippen LogP contribution in [0.1, 0.15) is 18.9 Å². The van der Waals surface area contributed by atoms with Gasteiger partial charge in [-0.1, -0.05) is 31.2 Å². The first-order valence-electron chi connectivity index (χ1n) is 9.01. The van der Waals surface area contributed by atoms with Gasteiger partial charge in [-0.05, 0) is 36.2 Å². The van der Waals surface area contributed by atoms with E-state index in [9.17, 15) is 14.0 Å². The standard InChI is InChI=1S/C21H25FN2O4/c1-4-17(21(26)23-2)24(13-15-9-11-16(22)12-10-15)20(25)14-28-19-8-6-5-7-18(19)27-3/h5-12,17H,4,13-14H2,1-3H3,(H,23,26)/t17-/m0/s1. The number of amides is 2. The normalized spacial score (nSPS) is 11.4. The Morgan fingerprint density at radius 3 is 2.32 bits per heavy atom. The summed E-state index contributed by atoms with van der Waals surface area (Å²) in [5, 5.41) is 2.58. The molecule has 2 rings (SSSR count). The van der Waals surface area contributed by atoms with Gasteiger partial charge in [0.2, 0.25) is 5.91 Å². The number of hydrogen-bond donors (Lipinski definition) is 1. The number of carbonyl (C=O) groups is 2. The lowest BCUT2D eigenvalue weighted by Crippen LogP contribution is -2.49. The van der Waals surface area contributed by atoms with Crippen LogP contribution in [-0.2, 0) is 16.1 Å². The smallest absolute Gasteiger partial charge is 0.261 e. The first-order valence-corrected chi connectivity index (χ1v) is 9.01. The Labute approximate surface area is 164 Å². The van der Waals surface area contributed by atoms with E-state index in [-0.39, 0.29) is 30.8 Å². The number of hydrogen-bond acceptors (Lipinski definition) is 4. The molecule has 0 radical (unpaired) electrons. The van der Waals surface area contributed by atoms with Crippen LogP contribution in [0.15, 0.2) is 48.5 Å². The minimum absolute atomic E-state index is 0.167. The monoisotopic (exact) mass is 388 g/mol. The van der Waals surface area contributed by atoms with E-state index < -0.39 is 6.04 Å². The molecule has 2 aromatic carbocycles. The third-order valence-electron chi connectivity index (χ3n) is 4.32. The van der Waals surface area contributed by atoms with E-state index >= 15 is 0 Å². The van der Waals surface area contributed by atoms with E-state index in [0.29, 0.717) is 17.9 Å². The van der Waals surface area contributed by atoms with Gasteiger partial charge < -0.3 is 19.7 Å². The Morgan fingerprint density at radius 1 is 1.11 bits per heavy atom. The van der Waals surface area contributed by atoms with Crippen molar-refractivity contribution < 1.29 is 23.5 Å². The third kappa shape index (κ3) is 5.45. The average Bonchev–Trinajstić information content (AvgIpc) is 2.73. The van der Waals surface area contributed by atoms with E-state index in [0.717, 1.165) is 5.56 Å². The fraction of sp³-hybridized carbons (Fsp3) is 0.333. The fourth-order valence-corrected chi connectivity index (χ4v) is 2.83. The summed E-state index contributed by atoms with van der Waals surface area (Å²) < 4.78 is 24.0. The minimum atomic E-state index is -0.663. The number of likely N-dealkylation sites (N-methyl/N-ethyl adjacent to an activating group) is 1. The quantitative estimate of drug-likeness (QED) is 0.717. The Hall–Kier alpha value is -3.09. The lowest BCUT2D eigenvalue weighted by Gasteiger charge is -2.30. The van der Waals surface area contributed by atoms with Gasteiger partial charge in [0, 0.05) is 13.6 Å². The summed E-state index contributed by atoms with van der Waals surface area (Å²) in [6.07, 6.45) is 0.432. The zero-order chi connectivity index (χ0) is 20.5. The van der Waals surface area contributed by atoms with Crippen molar-refractivity contribution in [2.45, 2.75) is 25.9 Å². The molecule has 1 atom stereocenters. The van der Waals surface area contributed by atoms with E-state index in [1.807, 2.05) is 6.92 Å². The van der Waals surface area contributed by atoms with Crippen molar-refractivity contribution in [1.29, 1.82) is 0 Å². The maximum Gasteiger partial charge on any atom is 0.261 e. The molecular formula is C21H25FN2O4. The second-order valence-electron chi connectivity index (χ2n) is 6.13. The van der Waals surface area contributed by atoms with Crippen LogP contribution in [0.4, 0.5) is 4.39 Å². The van der Waals surface area contributed by atoms with Crippen molar-refractivity contribution in [3.8, 4) is 11.5 Å². The lowest BCUT2D eigenvalue weighted by atomic mass is 10.1. The molecule has 0 aliphatic heterocycles. The summed E-state index contributed by atoms with van der Waals surface area (Å²) in [6.45, 7) is 1.74. The third-order valence-corrected chi connectivity index (χ3v) is 4.32. The second kappa shape index (κ2) is 10.3. The second-order valence-corrected chi connectivity index (χ2v) is 6.13. The van der Waals surface area contributed by atoms with Crippen LogP contribution in [-0.4, -0.2) is 43.5 Å². The van der Waals surface area contributed by atoms with Crippen LogP contribution in [0.5, 0.6) is 11.5 Å². The average molecular weight is 388 g/mol. The molecule has 0 fully saturated rings. The number of halogens is 1. The number of methoxy groups -OCH3 is 1. The fourth-order valence-electron chi connectivity index (χ4n) is 2.83. The van der Waals surface area contributed by atoms with E-state index in [4.69, 9.17) is 9.47 Å². The predicted molar refractivity (Wildman–Crippen MR) is 104 cm³/mol. The molecule has 0 aromatic heterocycles. The largest absolute Gasteiger partial charge is 0.493 e. The molecule has 1 N–H and O–H groups in total. The van der Waals surface area contributed by atoms with Gasteiger partial charge in [0.25, 0.3) is 5.91 Å². The van der Waals surface area contributed by atoms with Crippen LogP contribution in [0.2, 0.25) is 0 Å². The highest BCUT2D eigenvalue weighted by molar-refractivity contribution is 5.88. The van der Waals surface area contributed by atoms with Gasteiger partial charge in [-0.25, -0.2) is 4.39 Å². The van der Waals surface area contributed by atoms with Crippen molar-refractivity contribution in [3.63, 3.8) is 0 Å². The predicted octanol–water partition coefficient (Wildman–Crippen LogP) is 2.77. The Kier molecular flexibility index (Phi) is 7.80. The van der Waals surface area contributed by atoms with Crippen molar-refractivity contribution in [3.05, 3.63) is 59.9 Å². The van der Waals surface area contributed by atoms with Crippen LogP contribution >= 0.6 is 0 Å². The number of para-hydroxylation sites is 2. The van der Waals surface area contributed by atoms with Gasteiger partial charge in [0.15, 0.2) is 18.1 Å². The van der Waals surface area contributed by atoms with Crippen LogP contribution in [0.3, 0.4) is 0 Å². The zero-order valence-corrected chi connectivity index (χ0v) is 16.3. The molecule has 150 valence electrons. The van der Waals surface area contributed by atoms with E-state index in [1.165, 1.54) is 31.2 Å². The summed E-state index contributed by atoms with van der Waals surface area (Å²) in [7, 11) is 3.04. The Bertz CT molecular complexity index is 795. The molecule has 0 aliphatic carbocycles. The molecule has 0 unspecified atom stereocenters. The van der Waals surface area contributed by atoms with Crippen molar-refractivity contribution in [2.24, 2.45) is 0 Å². The molecule has 0 spiro atoms. The summed E-state index contributed by atoms with van der Waals surface area (Å²) in [6, 6.07) is 12.2. The first kappa shape index (κ1) is 21.2. The molecule has 0 heterocycles. The number of nitrogens with zero attached hydrogens (tertiary/aromatic N) is 1. The molecule has 2 amide bonds. The van der Waals surface area contributed by atoms with Gasteiger partial charge in [0.1, 0.15) is 11.9 Å². The number of nitrogens with one attached hydrogen (secondary N) is 1. The van der Waals surface area contributed by atoms with Crippen molar-refractivity contribution in [1.82, 2.24) is 10.2 Å². The van der Waals surface area contributed by atoms with Crippen molar-refractivity contribution in [2.75, 3.05) is 20.8 Å². The number of carbonyl (C=O) groups excluding carboxylic acids is 2. The van der Waals surface area contributed by atoms with E-state index in [1.54, 1.807) is 36.4 Å². The van der Waals surface area contributed by atoms with Crippen LogP contribution in [0.25, 0.3) is 0 Å². The molecular weight excluding hydrogens is 363 g/mol. The highest BCUT2D eigenvalue weighted by atomic mass is 19.1. The van der Waals surface area contributed by atoms with Gasteiger partial charge in [-0.15, -0.1) is 0 Å². The summed E-state index contributed by atoms with van der Waals surface area (Å²) in [5.74, 6) is -0.0350. The minimum Gasteiger partial charge on any atom is -0.493 e. The molecule has 0 aliphatic rings. The molecule has 0 saturated carbocycles. The molecule has 0 bridgehead atoms. The maximum absolute atomic E-state index is 13.2. The number of rotatable bonds is 9. The summed E-state index contributed by atoms with van der Waals surface area (Å²) in [5.41, 5.74) is 0.717. The Morgan fingerprint density at radius 2 is 1.75 bits per heavy atom. The van der Waals surface area contributed by atoms with Gasteiger partial charge in [-0.2, -0.15) is 0 Å². The van der Waals surface area contributed by atoms with Gasteiger partial charge in [0.05, 0.1) is 7.11 Å². The van der Waals surface area contributed by atoms with E-state index in [2.05, 4.69) is 5.32 Å². The highest BCUT2D eigenvalue weighted by Gasteiger charge is 2.28. The number of ether oxygens (including phenoxy) is 2. The van der Waals surface area contributed by atoms with Crippen LogP contribution in [0, 0.1) is 5.82 Å². The molecule has 28 heavy (non-hydrogen) atoms. The lowest BCUT2D eigenvalue weighted by molar-refractivity contribution is -0.142. The van der Waals surface area contributed by atoms with Gasteiger partial charge >= 0.3 is 0 Å². The zero-order valence-electron chi connectivity index (χ0n) is 16.3. The maximum atomic E-state index is 13.2. The molecule has 7 heteroatoms. The van der Waals surface area contributed by atoms with Gasteiger partial charge in [-0.3, -0.25) is 9.59 Å². The van der Waals surface area contributed by atoms with Crippen molar-refractivity contribution >= 4 is 11.8 Å². The highest BCUT2D eigenvalue weighted by Crippen LogP contribution is 2.26. The molecule has 2 aromatic rings. The molecule has 6 nitrogen and oxygen atoms in total. The topological polar surface area (TPSA) is 67.9 Å². The Balaban J connectivity index is 2.19.